The van der Waals surface area contributed by atoms with E-state index in [1.807, 2.05) is 42.2 Å². The van der Waals surface area contributed by atoms with Crippen LogP contribution < -0.4 is 15.5 Å². The van der Waals surface area contributed by atoms with E-state index in [1.54, 1.807) is 12.4 Å². The van der Waals surface area contributed by atoms with Gasteiger partial charge in [-0.2, -0.15) is 0 Å². The largest absolute Gasteiger partial charge is 0.370 e. The summed E-state index contributed by atoms with van der Waals surface area (Å²) in [5.74, 6) is 0.598. The number of hydrogen-bond acceptors (Lipinski definition) is 6. The van der Waals surface area contributed by atoms with Crippen molar-refractivity contribution in [3.8, 4) is 11.3 Å². The molecule has 0 spiro atoms. The lowest BCUT2D eigenvalue weighted by Crippen LogP contribution is -2.29. The minimum absolute atomic E-state index is 0.0977. The third kappa shape index (κ3) is 3.38. The van der Waals surface area contributed by atoms with E-state index in [4.69, 9.17) is 4.98 Å². The smallest absolute Gasteiger partial charge is 0.254 e. The zero-order valence-corrected chi connectivity index (χ0v) is 18.5. The first kappa shape index (κ1) is 19.7. The number of fused-ring (bicyclic) bond motifs is 2. The summed E-state index contributed by atoms with van der Waals surface area (Å²) >= 11 is 0. The molecule has 0 unspecified atom stereocenters. The van der Waals surface area contributed by atoms with E-state index in [9.17, 15) is 4.79 Å². The molecule has 2 aliphatic rings. The lowest BCUT2D eigenvalue weighted by Gasteiger charge is -2.28. The maximum absolute atomic E-state index is 12.8. The van der Waals surface area contributed by atoms with E-state index in [0.717, 1.165) is 46.6 Å². The van der Waals surface area contributed by atoms with Gasteiger partial charge < -0.3 is 20.1 Å². The lowest BCUT2D eigenvalue weighted by molar-refractivity contribution is 0.0966. The Hall–Kier alpha value is -3.94. The molecule has 33 heavy (non-hydrogen) atoms. The third-order valence-corrected chi connectivity index (χ3v) is 6.59. The molecule has 6 heterocycles. The van der Waals surface area contributed by atoms with Gasteiger partial charge in [-0.1, -0.05) is 0 Å². The zero-order chi connectivity index (χ0) is 22.4. The Kier molecular flexibility index (Phi) is 4.71. The number of aromatic nitrogens is 4. The van der Waals surface area contributed by atoms with E-state index in [2.05, 4.69) is 31.6 Å². The summed E-state index contributed by atoms with van der Waals surface area (Å²) in [6, 6.07) is 8.05. The molecule has 8 heteroatoms. The fourth-order valence-electron chi connectivity index (χ4n) is 4.88. The average molecular weight is 440 g/mol. The lowest BCUT2D eigenvalue weighted by atomic mass is 10.0. The molecule has 1 amide bonds. The maximum atomic E-state index is 12.8. The normalized spacial score (nSPS) is 15.5. The highest BCUT2D eigenvalue weighted by atomic mass is 16.1. The predicted octanol–water partition coefficient (Wildman–Crippen LogP) is 4.01. The predicted molar refractivity (Wildman–Crippen MR) is 129 cm³/mol. The Labute approximate surface area is 191 Å². The number of piperidine rings is 1. The number of nitrogens with zero attached hydrogens (tertiary/aromatic N) is 5. The summed E-state index contributed by atoms with van der Waals surface area (Å²) in [5, 5.41) is 7.29. The summed E-state index contributed by atoms with van der Waals surface area (Å²) in [6.45, 7) is 2.61. The van der Waals surface area contributed by atoms with Crippen molar-refractivity contribution in [3.05, 3.63) is 60.2 Å². The highest BCUT2D eigenvalue weighted by Gasteiger charge is 2.28. The summed E-state index contributed by atoms with van der Waals surface area (Å²) in [6.07, 6.45) is 11.2. The van der Waals surface area contributed by atoms with Crippen LogP contribution in [0.25, 0.3) is 22.3 Å². The Balaban J connectivity index is 1.35. The molecule has 4 aromatic rings. The highest BCUT2D eigenvalue weighted by molar-refractivity contribution is 6.06. The first-order chi connectivity index (χ1) is 16.2. The minimum atomic E-state index is -0.0977. The number of pyridine rings is 3. The molecule has 8 nitrogen and oxygen atoms in total. The Morgan fingerprint density at radius 2 is 1.88 bits per heavy atom. The van der Waals surface area contributed by atoms with Crippen LogP contribution in [-0.4, -0.2) is 38.5 Å². The van der Waals surface area contributed by atoms with E-state index in [0.29, 0.717) is 23.6 Å². The molecule has 0 radical (unpaired) electrons. The van der Waals surface area contributed by atoms with Gasteiger partial charge in [-0.05, 0) is 43.5 Å². The molecule has 0 atom stereocenters. The van der Waals surface area contributed by atoms with E-state index in [-0.39, 0.29) is 5.91 Å². The number of anilines is 3. The summed E-state index contributed by atoms with van der Waals surface area (Å²) < 4.78 is 1.98. The standard InChI is InChI=1S/C25H25N7O/c1-31-12-8-18-17(7-9-26-24(18)31)23-19-14-29-25(33)22(19)20(15-28-23)30-21-6-5-16(13-27-21)32-10-3-2-4-11-32/h5-9,12-13,15H,2-4,10-11,14H2,1H3,(H,27,30)(H,29,33). The number of rotatable bonds is 4. The zero-order valence-electron chi connectivity index (χ0n) is 18.5. The van der Waals surface area contributed by atoms with Crippen LogP contribution in [-0.2, 0) is 13.6 Å². The minimum Gasteiger partial charge on any atom is -0.370 e. The molecular formula is C25H25N7O. The number of amides is 1. The summed E-state index contributed by atoms with van der Waals surface area (Å²) in [5.41, 5.74) is 6.00. The molecular weight excluding hydrogens is 414 g/mol. The number of nitrogens with one attached hydrogen (secondary N) is 2. The van der Waals surface area contributed by atoms with E-state index < -0.39 is 0 Å². The van der Waals surface area contributed by atoms with Gasteiger partial charge in [0.1, 0.15) is 11.5 Å². The van der Waals surface area contributed by atoms with Gasteiger partial charge in [-0.15, -0.1) is 0 Å². The van der Waals surface area contributed by atoms with Crippen molar-refractivity contribution in [2.45, 2.75) is 25.8 Å². The van der Waals surface area contributed by atoms with Gasteiger partial charge in [-0.25, -0.2) is 9.97 Å². The van der Waals surface area contributed by atoms with Crippen molar-refractivity contribution in [3.63, 3.8) is 0 Å². The molecule has 2 aliphatic heterocycles. The second kappa shape index (κ2) is 7.88. The van der Waals surface area contributed by atoms with E-state index >= 15 is 0 Å². The van der Waals surface area contributed by atoms with Crippen LogP contribution in [0.2, 0.25) is 0 Å². The van der Waals surface area contributed by atoms with Crippen LogP contribution in [0.15, 0.2) is 49.1 Å². The Bertz CT molecular complexity index is 1350. The molecule has 0 bridgehead atoms. The van der Waals surface area contributed by atoms with Gasteiger partial charge in [0, 0.05) is 55.6 Å². The fourth-order valence-corrected chi connectivity index (χ4v) is 4.88. The van der Waals surface area contributed by atoms with Crippen LogP contribution in [0, 0.1) is 0 Å². The van der Waals surface area contributed by atoms with Crippen molar-refractivity contribution in [1.29, 1.82) is 0 Å². The van der Waals surface area contributed by atoms with Crippen molar-refractivity contribution in [2.75, 3.05) is 23.3 Å². The van der Waals surface area contributed by atoms with Crippen molar-refractivity contribution < 1.29 is 4.79 Å². The first-order valence-electron chi connectivity index (χ1n) is 11.4. The third-order valence-electron chi connectivity index (χ3n) is 6.59. The van der Waals surface area contributed by atoms with Gasteiger partial charge in [0.05, 0.1) is 35.0 Å². The maximum Gasteiger partial charge on any atom is 0.254 e. The van der Waals surface area contributed by atoms with E-state index in [1.165, 1.54) is 19.3 Å². The second-order valence-corrected chi connectivity index (χ2v) is 8.65. The molecule has 2 N–H and O–H groups in total. The van der Waals surface area contributed by atoms with Gasteiger partial charge in [-0.3, -0.25) is 9.78 Å². The molecule has 166 valence electrons. The number of carbonyl (C=O) groups excluding carboxylic acids is 1. The van der Waals surface area contributed by atoms with Gasteiger partial charge in [0.25, 0.3) is 5.91 Å². The van der Waals surface area contributed by atoms with Gasteiger partial charge >= 0.3 is 0 Å². The quantitative estimate of drug-likeness (QED) is 0.500. The monoisotopic (exact) mass is 439 g/mol. The molecule has 1 fully saturated rings. The van der Waals surface area contributed by atoms with Crippen LogP contribution in [0.1, 0.15) is 35.2 Å². The first-order valence-corrected chi connectivity index (χ1v) is 11.4. The summed E-state index contributed by atoms with van der Waals surface area (Å²) in [4.78, 5) is 29.0. The number of carbonyl (C=O) groups is 1. The highest BCUT2D eigenvalue weighted by Crippen LogP contribution is 2.36. The van der Waals surface area contributed by atoms with Crippen LogP contribution >= 0.6 is 0 Å². The molecule has 1 saturated heterocycles. The Morgan fingerprint density at radius 3 is 2.70 bits per heavy atom. The van der Waals surface area contributed by atoms with Gasteiger partial charge in [0.2, 0.25) is 0 Å². The van der Waals surface area contributed by atoms with Gasteiger partial charge in [0.15, 0.2) is 0 Å². The van der Waals surface area contributed by atoms with Crippen LogP contribution in [0.4, 0.5) is 17.2 Å². The Morgan fingerprint density at radius 1 is 1.00 bits per heavy atom. The van der Waals surface area contributed by atoms with Crippen molar-refractivity contribution in [1.82, 2.24) is 24.8 Å². The number of aryl methyl sites for hydroxylation is 1. The second-order valence-electron chi connectivity index (χ2n) is 8.65. The summed E-state index contributed by atoms with van der Waals surface area (Å²) in [7, 11) is 1.97. The molecule has 0 saturated carbocycles. The molecule has 0 aliphatic carbocycles. The van der Waals surface area contributed by atoms with Crippen molar-refractivity contribution in [2.24, 2.45) is 7.05 Å². The molecule has 0 aromatic carbocycles. The van der Waals surface area contributed by atoms with Crippen molar-refractivity contribution >= 4 is 34.1 Å². The topological polar surface area (TPSA) is 88.0 Å². The average Bonchev–Trinajstić information content (AvgIpc) is 3.44. The fraction of sp³-hybridized carbons (Fsp3) is 0.280. The van der Waals surface area contributed by atoms with Crippen LogP contribution in [0.5, 0.6) is 0 Å². The molecule has 6 rings (SSSR count). The number of hydrogen-bond donors (Lipinski definition) is 2. The SMILES string of the molecule is Cn1ccc2c(-c3ncc(Nc4ccc(N5CCCCC5)cn4)c4c3CNC4=O)ccnc21. The molecule has 4 aromatic heterocycles. The van der Waals surface area contributed by atoms with Crippen LogP contribution in [0.3, 0.4) is 0 Å².